The molecule has 0 radical (unpaired) electrons. The quantitative estimate of drug-likeness (QED) is 0.356. The summed E-state index contributed by atoms with van der Waals surface area (Å²) in [7, 11) is -3.28. The standard InChI is InChI=1S/C18H16ClNO3S.C7H7N5O/c1-3-13-11-12-5-4-6-16(19)17(12)18(21)20(13)14-7-9-15(10-8-14)24(2,22)23;8-5-4(6(9)13)7-10-2-1-3-12(7)11-5/h4-11H,3H2,1-2H3;1-3H,(H2,8,11)(H2,9,13). The summed E-state index contributed by atoms with van der Waals surface area (Å²) in [5.74, 6) is -0.516. The molecule has 0 fully saturated rings. The van der Waals surface area contributed by atoms with E-state index in [-0.39, 0.29) is 21.8 Å². The number of halogens is 1. The Morgan fingerprint density at radius 1 is 1.11 bits per heavy atom. The molecule has 0 aliphatic rings. The van der Waals surface area contributed by atoms with Crippen LogP contribution in [0.15, 0.2) is 76.7 Å². The lowest BCUT2D eigenvalue weighted by Crippen LogP contribution is -2.22. The van der Waals surface area contributed by atoms with Gasteiger partial charge in [0, 0.05) is 30.0 Å². The van der Waals surface area contributed by atoms with Gasteiger partial charge in [-0.15, -0.1) is 5.10 Å². The van der Waals surface area contributed by atoms with Gasteiger partial charge in [-0.25, -0.2) is 17.9 Å². The van der Waals surface area contributed by atoms with Crippen LogP contribution in [0.3, 0.4) is 0 Å². The number of sulfone groups is 1. The Kier molecular flexibility index (Phi) is 7.01. The van der Waals surface area contributed by atoms with Gasteiger partial charge in [0.25, 0.3) is 11.5 Å². The van der Waals surface area contributed by atoms with E-state index in [9.17, 15) is 18.0 Å². The molecule has 190 valence electrons. The topological polar surface area (TPSA) is 155 Å². The molecule has 0 aliphatic carbocycles. The van der Waals surface area contributed by atoms with Crippen LogP contribution in [-0.2, 0) is 16.3 Å². The third-order valence-corrected chi connectivity index (χ3v) is 7.07. The van der Waals surface area contributed by atoms with Crippen LogP contribution in [0.1, 0.15) is 23.0 Å². The molecule has 3 heterocycles. The smallest absolute Gasteiger partial charge is 0.264 e. The zero-order valence-electron chi connectivity index (χ0n) is 19.9. The van der Waals surface area contributed by atoms with E-state index in [1.807, 2.05) is 25.1 Å². The summed E-state index contributed by atoms with van der Waals surface area (Å²) in [4.78, 5) is 28.1. The minimum Gasteiger partial charge on any atom is -0.381 e. The second-order valence-electron chi connectivity index (χ2n) is 8.11. The number of aromatic nitrogens is 4. The van der Waals surface area contributed by atoms with Crippen molar-refractivity contribution in [1.82, 2.24) is 19.2 Å². The number of anilines is 1. The largest absolute Gasteiger partial charge is 0.381 e. The molecule has 10 nitrogen and oxygen atoms in total. The van der Waals surface area contributed by atoms with Crippen LogP contribution in [0.5, 0.6) is 0 Å². The molecule has 0 atom stereocenters. The first-order valence-electron chi connectivity index (χ1n) is 11.0. The molecule has 0 saturated heterocycles. The molecule has 37 heavy (non-hydrogen) atoms. The Labute approximate surface area is 217 Å². The number of primary amides is 1. The van der Waals surface area contributed by atoms with Gasteiger partial charge in [0.05, 0.1) is 15.3 Å². The summed E-state index contributed by atoms with van der Waals surface area (Å²) in [6.45, 7) is 1.96. The van der Waals surface area contributed by atoms with Gasteiger partial charge in [-0.3, -0.25) is 14.2 Å². The van der Waals surface area contributed by atoms with Crippen molar-refractivity contribution in [2.45, 2.75) is 18.2 Å². The van der Waals surface area contributed by atoms with Crippen LogP contribution in [0.25, 0.3) is 22.1 Å². The fourth-order valence-corrected chi connectivity index (χ4v) is 4.79. The average molecular weight is 539 g/mol. The first-order valence-corrected chi connectivity index (χ1v) is 13.3. The summed E-state index contributed by atoms with van der Waals surface area (Å²) in [6.07, 6.45) is 5.00. The van der Waals surface area contributed by atoms with E-state index in [4.69, 9.17) is 23.1 Å². The maximum absolute atomic E-state index is 13.0. The number of nitrogens with zero attached hydrogens (tertiary/aromatic N) is 4. The molecule has 0 saturated carbocycles. The maximum Gasteiger partial charge on any atom is 0.264 e. The summed E-state index contributed by atoms with van der Waals surface area (Å²) in [5, 5.41) is 5.53. The molecule has 0 bridgehead atoms. The molecule has 12 heteroatoms. The van der Waals surface area contributed by atoms with Gasteiger partial charge in [0.2, 0.25) is 0 Å². The molecule has 0 spiro atoms. The number of carbonyl (C=O) groups excluding carboxylic acids is 1. The molecule has 5 rings (SSSR count). The van der Waals surface area contributed by atoms with Crippen LogP contribution in [0.2, 0.25) is 5.02 Å². The summed E-state index contributed by atoms with van der Waals surface area (Å²) in [6, 6.07) is 15.3. The summed E-state index contributed by atoms with van der Waals surface area (Å²) < 4.78 is 26.2. The second kappa shape index (κ2) is 10.0. The lowest BCUT2D eigenvalue weighted by Gasteiger charge is -2.14. The van der Waals surface area contributed by atoms with E-state index >= 15 is 0 Å². The van der Waals surface area contributed by atoms with Gasteiger partial charge < -0.3 is 11.5 Å². The van der Waals surface area contributed by atoms with Gasteiger partial charge in [0.15, 0.2) is 21.3 Å². The number of amides is 1. The predicted molar refractivity (Wildman–Crippen MR) is 143 cm³/mol. The Morgan fingerprint density at radius 3 is 2.43 bits per heavy atom. The Bertz CT molecular complexity index is 1810. The van der Waals surface area contributed by atoms with Gasteiger partial charge in [0.1, 0.15) is 5.56 Å². The third-order valence-electron chi connectivity index (χ3n) is 5.63. The molecular weight excluding hydrogens is 516 g/mol. The summed E-state index contributed by atoms with van der Waals surface area (Å²) >= 11 is 6.21. The number of carbonyl (C=O) groups is 1. The molecule has 1 amide bonds. The van der Waals surface area contributed by atoms with Crippen molar-refractivity contribution >= 4 is 49.6 Å². The Hall–Kier alpha value is -4.22. The number of rotatable bonds is 4. The second-order valence-corrected chi connectivity index (χ2v) is 10.5. The van der Waals surface area contributed by atoms with Crippen molar-refractivity contribution in [2.75, 3.05) is 12.0 Å². The first kappa shape index (κ1) is 25.9. The molecular formula is C25H23ClN6O4S. The van der Waals surface area contributed by atoms with Gasteiger partial charge in [-0.05, 0) is 54.3 Å². The molecule has 0 aliphatic heterocycles. The number of aryl methyl sites for hydroxylation is 1. The highest BCUT2D eigenvalue weighted by atomic mass is 35.5. The predicted octanol–water partition coefficient (Wildman–Crippen LogP) is 3.02. The number of hydrogen-bond donors (Lipinski definition) is 2. The minimum absolute atomic E-state index is 0.103. The summed E-state index contributed by atoms with van der Waals surface area (Å²) in [5.41, 5.74) is 12.4. The van der Waals surface area contributed by atoms with E-state index in [0.717, 1.165) is 17.3 Å². The van der Waals surface area contributed by atoms with Crippen LogP contribution >= 0.6 is 11.6 Å². The molecule has 4 N–H and O–H groups in total. The van der Waals surface area contributed by atoms with Gasteiger partial charge >= 0.3 is 0 Å². The Balaban J connectivity index is 0.000000207. The lowest BCUT2D eigenvalue weighted by atomic mass is 10.1. The zero-order chi connectivity index (χ0) is 26.9. The van der Waals surface area contributed by atoms with Crippen molar-refractivity contribution < 1.29 is 13.2 Å². The van der Waals surface area contributed by atoms with Crippen LogP contribution in [0, 0.1) is 0 Å². The number of fused-ring (bicyclic) bond motifs is 2. The Morgan fingerprint density at radius 2 is 1.81 bits per heavy atom. The highest BCUT2D eigenvalue weighted by molar-refractivity contribution is 7.90. The third kappa shape index (κ3) is 5.04. The number of pyridine rings is 1. The minimum atomic E-state index is -3.28. The van der Waals surface area contributed by atoms with Crippen LogP contribution < -0.4 is 17.0 Å². The number of hydrogen-bond acceptors (Lipinski definition) is 7. The molecule has 0 unspecified atom stereocenters. The van der Waals surface area contributed by atoms with E-state index < -0.39 is 15.7 Å². The number of nitrogen functional groups attached to an aromatic ring is 1. The van der Waals surface area contributed by atoms with Gasteiger partial charge in [-0.1, -0.05) is 30.7 Å². The number of benzene rings is 2. The van der Waals surface area contributed by atoms with Crippen molar-refractivity contribution in [3.8, 4) is 5.69 Å². The molecule has 2 aromatic carbocycles. The van der Waals surface area contributed by atoms with Crippen LogP contribution in [-0.4, -0.2) is 39.7 Å². The highest BCUT2D eigenvalue weighted by Gasteiger charge is 2.16. The highest BCUT2D eigenvalue weighted by Crippen LogP contribution is 2.23. The monoisotopic (exact) mass is 538 g/mol. The van der Waals surface area contributed by atoms with E-state index in [1.54, 1.807) is 41.2 Å². The van der Waals surface area contributed by atoms with Crippen molar-refractivity contribution in [2.24, 2.45) is 5.73 Å². The maximum atomic E-state index is 13.0. The fraction of sp³-hybridized carbons (Fsp3) is 0.120. The first-order chi connectivity index (χ1) is 17.5. The normalized spacial score (nSPS) is 11.3. The van der Waals surface area contributed by atoms with E-state index in [2.05, 4.69) is 10.1 Å². The van der Waals surface area contributed by atoms with Crippen molar-refractivity contribution in [3.63, 3.8) is 0 Å². The average Bonchev–Trinajstić information content (AvgIpc) is 3.19. The van der Waals surface area contributed by atoms with Crippen LogP contribution in [0.4, 0.5) is 5.82 Å². The van der Waals surface area contributed by atoms with E-state index in [0.29, 0.717) is 28.2 Å². The fourth-order valence-electron chi connectivity index (χ4n) is 3.90. The molecule has 5 aromatic rings. The van der Waals surface area contributed by atoms with Crippen molar-refractivity contribution in [3.05, 3.63) is 93.6 Å². The SMILES string of the molecule is CCc1cc2cccc(Cl)c2c(=O)n1-c1ccc(S(C)(=O)=O)cc1.NC(=O)c1c(N)nn2cccnc12. The van der Waals surface area contributed by atoms with Gasteiger partial charge in [-0.2, -0.15) is 0 Å². The van der Waals surface area contributed by atoms with Crippen molar-refractivity contribution in [1.29, 1.82) is 0 Å². The number of nitrogens with two attached hydrogens (primary N) is 2. The lowest BCUT2D eigenvalue weighted by molar-refractivity contribution is 0.100. The molecule has 3 aromatic heterocycles. The van der Waals surface area contributed by atoms with E-state index in [1.165, 1.54) is 16.6 Å². The zero-order valence-corrected chi connectivity index (χ0v) is 21.5.